The first kappa shape index (κ1) is 22.7. The molecule has 1 aliphatic rings. The summed E-state index contributed by atoms with van der Waals surface area (Å²) in [5.41, 5.74) is 1.17. The van der Waals surface area contributed by atoms with Crippen molar-refractivity contribution in [2.75, 3.05) is 5.32 Å². The van der Waals surface area contributed by atoms with Gasteiger partial charge < -0.3 is 10.1 Å². The summed E-state index contributed by atoms with van der Waals surface area (Å²) in [7, 11) is 0. The summed E-state index contributed by atoms with van der Waals surface area (Å²) in [5, 5.41) is 2.70. The maximum atomic E-state index is 13.0. The lowest BCUT2D eigenvalue weighted by Gasteiger charge is -2.23. The van der Waals surface area contributed by atoms with Crippen molar-refractivity contribution in [1.82, 2.24) is 4.90 Å². The van der Waals surface area contributed by atoms with Gasteiger partial charge in [-0.25, -0.2) is 4.99 Å². The van der Waals surface area contributed by atoms with E-state index in [0.717, 1.165) is 6.42 Å². The first-order chi connectivity index (χ1) is 14.9. The Bertz CT molecular complexity index is 939. The molecule has 1 N–H and O–H groups in total. The van der Waals surface area contributed by atoms with Crippen LogP contribution < -0.4 is 10.1 Å². The van der Waals surface area contributed by atoms with E-state index in [0.29, 0.717) is 16.5 Å². The number of aliphatic imine (C=N–C) groups is 1. The molecule has 0 unspecified atom stereocenters. The van der Waals surface area contributed by atoms with Crippen molar-refractivity contribution in [3.63, 3.8) is 0 Å². The second-order valence-corrected chi connectivity index (χ2v) is 8.13. The number of para-hydroxylation sites is 1. The molecule has 2 aromatic rings. The number of carbonyl (C=O) groups is 2. The smallest absolute Gasteiger partial charge is 0.387 e. The number of nitrogens with zero attached hydrogens (tertiary/aromatic N) is 2. The maximum absolute atomic E-state index is 13.0. The third-order valence-electron chi connectivity index (χ3n) is 4.71. The molecule has 1 heterocycles. The number of amides is 2. The summed E-state index contributed by atoms with van der Waals surface area (Å²) in [4.78, 5) is 31.6. The number of hydrogen-bond donors (Lipinski definition) is 1. The Labute approximate surface area is 183 Å². The fourth-order valence-corrected chi connectivity index (χ4v) is 4.24. The number of alkyl halides is 2. The Morgan fingerprint density at radius 3 is 2.48 bits per heavy atom. The van der Waals surface area contributed by atoms with Crippen LogP contribution in [-0.2, 0) is 9.59 Å². The van der Waals surface area contributed by atoms with E-state index in [1.165, 1.54) is 23.9 Å². The Hall–Kier alpha value is -2.94. The molecule has 0 saturated carbocycles. The standard InChI is InChI=1S/C22H23F2N3O3S/c1-3-14(2)27-20(29)18(13-19(28)25-15-7-5-4-6-8-15)31-22(27)26-16-9-11-17(12-10-16)30-21(23)24/h4-12,14,18,21H,3,13H2,1-2H3,(H,25,28)/t14-,18-/m1/s1. The van der Waals surface area contributed by atoms with Crippen LogP contribution in [0.5, 0.6) is 5.75 Å². The Morgan fingerprint density at radius 1 is 1.19 bits per heavy atom. The molecular weight excluding hydrogens is 424 g/mol. The van der Waals surface area contributed by atoms with E-state index in [1.807, 2.05) is 32.0 Å². The largest absolute Gasteiger partial charge is 0.435 e. The van der Waals surface area contributed by atoms with Crippen molar-refractivity contribution < 1.29 is 23.1 Å². The van der Waals surface area contributed by atoms with E-state index < -0.39 is 11.9 Å². The van der Waals surface area contributed by atoms with Gasteiger partial charge in [0.05, 0.1) is 5.69 Å². The normalized spacial score (nSPS) is 18.5. The van der Waals surface area contributed by atoms with Crippen LogP contribution >= 0.6 is 11.8 Å². The van der Waals surface area contributed by atoms with Crippen LogP contribution in [0.25, 0.3) is 0 Å². The highest BCUT2D eigenvalue weighted by molar-refractivity contribution is 8.15. The fraction of sp³-hybridized carbons (Fsp3) is 0.318. The second kappa shape index (κ2) is 10.4. The number of halogens is 2. The zero-order valence-corrected chi connectivity index (χ0v) is 17.9. The lowest BCUT2D eigenvalue weighted by molar-refractivity contribution is -0.129. The highest BCUT2D eigenvalue weighted by atomic mass is 32.2. The van der Waals surface area contributed by atoms with Crippen LogP contribution in [0, 0.1) is 0 Å². The highest BCUT2D eigenvalue weighted by Crippen LogP contribution is 2.34. The van der Waals surface area contributed by atoms with Crippen molar-refractivity contribution >= 4 is 40.1 Å². The highest BCUT2D eigenvalue weighted by Gasteiger charge is 2.41. The van der Waals surface area contributed by atoms with Crippen molar-refractivity contribution in [2.45, 2.75) is 44.6 Å². The fourth-order valence-electron chi connectivity index (χ4n) is 3.00. The molecule has 0 radical (unpaired) electrons. The summed E-state index contributed by atoms with van der Waals surface area (Å²) in [6, 6.07) is 14.8. The average molecular weight is 448 g/mol. The summed E-state index contributed by atoms with van der Waals surface area (Å²) >= 11 is 1.23. The minimum Gasteiger partial charge on any atom is -0.435 e. The zero-order chi connectivity index (χ0) is 22.4. The molecule has 1 fully saturated rings. The molecule has 1 saturated heterocycles. The van der Waals surface area contributed by atoms with Crippen LogP contribution in [0.1, 0.15) is 26.7 Å². The van der Waals surface area contributed by atoms with Gasteiger partial charge in [-0.2, -0.15) is 8.78 Å². The number of amidine groups is 1. The minimum atomic E-state index is -2.90. The van der Waals surface area contributed by atoms with Gasteiger partial charge in [0.1, 0.15) is 11.0 Å². The van der Waals surface area contributed by atoms with E-state index in [9.17, 15) is 18.4 Å². The van der Waals surface area contributed by atoms with Crippen LogP contribution in [0.15, 0.2) is 59.6 Å². The van der Waals surface area contributed by atoms with Gasteiger partial charge in [-0.05, 0) is 49.7 Å². The van der Waals surface area contributed by atoms with E-state index in [2.05, 4.69) is 15.0 Å². The van der Waals surface area contributed by atoms with Gasteiger partial charge in [0.25, 0.3) is 0 Å². The van der Waals surface area contributed by atoms with Crippen molar-refractivity contribution in [3.8, 4) is 5.75 Å². The number of rotatable bonds is 8. The van der Waals surface area contributed by atoms with E-state index in [1.54, 1.807) is 29.2 Å². The lowest BCUT2D eigenvalue weighted by Crippen LogP contribution is -2.39. The van der Waals surface area contributed by atoms with Crippen molar-refractivity contribution in [1.29, 1.82) is 0 Å². The van der Waals surface area contributed by atoms with E-state index >= 15 is 0 Å². The summed E-state index contributed by atoms with van der Waals surface area (Å²) in [5.74, 6) is -0.391. The molecule has 2 amide bonds. The summed E-state index contributed by atoms with van der Waals surface area (Å²) in [6.07, 6.45) is 0.737. The van der Waals surface area contributed by atoms with Gasteiger partial charge in [-0.1, -0.05) is 36.9 Å². The lowest BCUT2D eigenvalue weighted by atomic mass is 10.2. The number of benzene rings is 2. The predicted octanol–water partition coefficient (Wildman–Crippen LogP) is 5.05. The summed E-state index contributed by atoms with van der Waals surface area (Å²) < 4.78 is 29.0. The van der Waals surface area contributed by atoms with Gasteiger partial charge >= 0.3 is 6.61 Å². The quantitative estimate of drug-likeness (QED) is 0.615. The van der Waals surface area contributed by atoms with Gasteiger partial charge in [-0.15, -0.1) is 0 Å². The molecule has 2 atom stereocenters. The van der Waals surface area contributed by atoms with Crippen molar-refractivity contribution in [3.05, 3.63) is 54.6 Å². The molecule has 1 aliphatic heterocycles. The van der Waals surface area contributed by atoms with Gasteiger partial charge in [-0.3, -0.25) is 14.5 Å². The monoisotopic (exact) mass is 447 g/mol. The molecule has 3 rings (SSSR count). The molecule has 31 heavy (non-hydrogen) atoms. The molecule has 0 spiro atoms. The summed E-state index contributed by atoms with van der Waals surface area (Å²) in [6.45, 7) is 0.982. The number of carbonyl (C=O) groups excluding carboxylic acids is 2. The van der Waals surface area contributed by atoms with E-state index in [-0.39, 0.29) is 30.0 Å². The Morgan fingerprint density at radius 2 is 1.87 bits per heavy atom. The molecule has 0 aliphatic carbocycles. The third-order valence-corrected chi connectivity index (χ3v) is 5.86. The van der Waals surface area contributed by atoms with Gasteiger partial charge in [0.2, 0.25) is 11.8 Å². The molecule has 2 aromatic carbocycles. The number of nitrogens with one attached hydrogen (secondary N) is 1. The van der Waals surface area contributed by atoms with Crippen LogP contribution in [0.3, 0.4) is 0 Å². The van der Waals surface area contributed by atoms with Crippen LogP contribution in [0.4, 0.5) is 20.2 Å². The number of thioether (sulfide) groups is 1. The zero-order valence-electron chi connectivity index (χ0n) is 17.1. The molecule has 164 valence electrons. The molecule has 6 nitrogen and oxygen atoms in total. The first-order valence-corrected chi connectivity index (χ1v) is 10.7. The molecule has 0 bridgehead atoms. The minimum absolute atomic E-state index is 0.0194. The second-order valence-electron chi connectivity index (χ2n) is 6.96. The number of hydrogen-bond acceptors (Lipinski definition) is 5. The number of anilines is 1. The maximum Gasteiger partial charge on any atom is 0.387 e. The van der Waals surface area contributed by atoms with Crippen molar-refractivity contribution in [2.24, 2.45) is 4.99 Å². The van der Waals surface area contributed by atoms with Crippen LogP contribution in [-0.4, -0.2) is 39.8 Å². The predicted molar refractivity (Wildman–Crippen MR) is 118 cm³/mol. The van der Waals surface area contributed by atoms with E-state index in [4.69, 9.17) is 0 Å². The SMILES string of the molecule is CC[C@@H](C)N1C(=O)[C@@H](CC(=O)Nc2ccccc2)SC1=Nc1ccc(OC(F)F)cc1. The molecule has 9 heteroatoms. The number of ether oxygens (including phenoxy) is 1. The van der Waals surface area contributed by atoms with Crippen LogP contribution in [0.2, 0.25) is 0 Å². The average Bonchev–Trinajstić information content (AvgIpc) is 3.03. The third kappa shape index (κ3) is 6.04. The topological polar surface area (TPSA) is 71.0 Å². The Kier molecular flexibility index (Phi) is 7.62. The molecule has 0 aromatic heterocycles. The molecular formula is C22H23F2N3O3S. The van der Waals surface area contributed by atoms with Gasteiger partial charge in [0, 0.05) is 18.2 Å². The Balaban J connectivity index is 1.75. The van der Waals surface area contributed by atoms with Gasteiger partial charge in [0.15, 0.2) is 5.17 Å². The first-order valence-electron chi connectivity index (χ1n) is 9.85.